The average molecular weight is 572 g/mol. The second-order valence-corrected chi connectivity index (χ2v) is 9.41. The van der Waals surface area contributed by atoms with Crippen molar-refractivity contribution in [3.05, 3.63) is 130 Å². The largest absolute Gasteiger partial charge is 0.456 e. The van der Waals surface area contributed by atoms with E-state index in [9.17, 15) is 0 Å². The van der Waals surface area contributed by atoms with E-state index in [1.165, 1.54) is 5.56 Å². The van der Waals surface area contributed by atoms with Gasteiger partial charge in [0.25, 0.3) is 0 Å². The SMILES string of the molecule is Brc1cc(Oc2ccc(-c3ccccc3)cc2)c(Br)c(Oc2cccc(-c3ccccc3)c2)c1. The fourth-order valence-electron chi connectivity index (χ4n) is 3.66. The Kier molecular flexibility index (Phi) is 6.79. The van der Waals surface area contributed by atoms with Crippen molar-refractivity contribution in [2.75, 3.05) is 0 Å². The lowest BCUT2D eigenvalue weighted by atomic mass is 10.1. The van der Waals surface area contributed by atoms with E-state index in [1.54, 1.807) is 0 Å². The molecule has 0 radical (unpaired) electrons. The number of hydrogen-bond acceptors (Lipinski definition) is 2. The molecular formula is C30H20Br2O2. The molecule has 0 N–H and O–H groups in total. The molecule has 0 aliphatic rings. The third-order valence-corrected chi connectivity index (χ3v) is 6.57. The van der Waals surface area contributed by atoms with Gasteiger partial charge >= 0.3 is 0 Å². The molecule has 0 amide bonds. The third-order valence-electron chi connectivity index (χ3n) is 5.33. The normalized spacial score (nSPS) is 10.6. The molecule has 0 unspecified atom stereocenters. The maximum absolute atomic E-state index is 6.25. The molecule has 0 saturated carbocycles. The summed E-state index contributed by atoms with van der Waals surface area (Å²) in [5.74, 6) is 2.82. The second kappa shape index (κ2) is 10.3. The summed E-state index contributed by atoms with van der Waals surface area (Å²) in [4.78, 5) is 0. The van der Waals surface area contributed by atoms with E-state index in [-0.39, 0.29) is 0 Å². The Morgan fingerprint density at radius 3 is 1.53 bits per heavy atom. The molecule has 0 aliphatic heterocycles. The maximum atomic E-state index is 6.25. The Morgan fingerprint density at radius 2 is 0.912 bits per heavy atom. The molecule has 0 bridgehead atoms. The zero-order chi connectivity index (χ0) is 23.3. The zero-order valence-corrected chi connectivity index (χ0v) is 21.3. The molecule has 0 aromatic heterocycles. The van der Waals surface area contributed by atoms with Gasteiger partial charge in [0, 0.05) is 4.47 Å². The lowest BCUT2D eigenvalue weighted by Gasteiger charge is -2.14. The minimum Gasteiger partial charge on any atom is -0.456 e. The van der Waals surface area contributed by atoms with E-state index in [0.29, 0.717) is 11.5 Å². The molecule has 0 atom stereocenters. The Hall–Kier alpha value is -3.34. The fraction of sp³-hybridized carbons (Fsp3) is 0. The zero-order valence-electron chi connectivity index (χ0n) is 18.1. The predicted molar refractivity (Wildman–Crippen MR) is 146 cm³/mol. The molecule has 5 aromatic carbocycles. The summed E-state index contributed by atoms with van der Waals surface area (Å²) >= 11 is 7.26. The molecule has 0 fully saturated rings. The summed E-state index contributed by atoms with van der Waals surface area (Å²) in [6.07, 6.45) is 0. The van der Waals surface area contributed by atoms with Gasteiger partial charge in [-0.25, -0.2) is 0 Å². The molecule has 0 saturated heterocycles. The topological polar surface area (TPSA) is 18.5 Å². The molecule has 2 nitrogen and oxygen atoms in total. The number of halogens is 2. The van der Waals surface area contributed by atoms with Crippen LogP contribution in [-0.2, 0) is 0 Å². The van der Waals surface area contributed by atoms with Crippen molar-refractivity contribution >= 4 is 31.9 Å². The quantitative estimate of drug-likeness (QED) is 0.202. The minimum atomic E-state index is 0.662. The molecular weight excluding hydrogens is 552 g/mol. The highest BCUT2D eigenvalue weighted by Gasteiger charge is 2.13. The van der Waals surface area contributed by atoms with Crippen LogP contribution in [0.15, 0.2) is 130 Å². The highest BCUT2D eigenvalue weighted by Crippen LogP contribution is 2.42. The van der Waals surface area contributed by atoms with E-state index in [1.807, 2.05) is 78.9 Å². The molecule has 166 valence electrons. The molecule has 0 heterocycles. The summed E-state index contributed by atoms with van der Waals surface area (Å²) in [6, 6.07) is 40.5. The van der Waals surface area contributed by atoms with E-state index < -0.39 is 0 Å². The Labute approximate surface area is 216 Å². The van der Waals surface area contributed by atoms with Crippen LogP contribution in [0.3, 0.4) is 0 Å². The fourth-order valence-corrected chi connectivity index (χ4v) is 4.47. The summed E-state index contributed by atoms with van der Waals surface area (Å²) < 4.78 is 14.1. The van der Waals surface area contributed by atoms with Gasteiger partial charge in [-0.1, -0.05) is 101 Å². The van der Waals surface area contributed by atoms with Crippen molar-refractivity contribution in [1.82, 2.24) is 0 Å². The highest BCUT2D eigenvalue weighted by atomic mass is 79.9. The van der Waals surface area contributed by atoms with Crippen LogP contribution in [0.5, 0.6) is 23.0 Å². The smallest absolute Gasteiger partial charge is 0.146 e. The number of hydrogen-bond donors (Lipinski definition) is 0. The predicted octanol–water partition coefficient (Wildman–Crippen LogP) is 10.1. The first-order valence-corrected chi connectivity index (χ1v) is 12.4. The van der Waals surface area contributed by atoms with Crippen LogP contribution in [0.2, 0.25) is 0 Å². The maximum Gasteiger partial charge on any atom is 0.146 e. The molecule has 0 spiro atoms. The van der Waals surface area contributed by atoms with Crippen LogP contribution in [0, 0.1) is 0 Å². The minimum absolute atomic E-state index is 0.662. The van der Waals surface area contributed by atoms with Gasteiger partial charge < -0.3 is 9.47 Å². The third kappa shape index (κ3) is 5.24. The van der Waals surface area contributed by atoms with Gasteiger partial charge in [0.15, 0.2) is 0 Å². The van der Waals surface area contributed by atoms with Crippen molar-refractivity contribution < 1.29 is 9.47 Å². The van der Waals surface area contributed by atoms with Crippen molar-refractivity contribution in [3.8, 4) is 45.3 Å². The first kappa shape index (κ1) is 22.5. The van der Waals surface area contributed by atoms with Crippen LogP contribution >= 0.6 is 31.9 Å². The monoisotopic (exact) mass is 570 g/mol. The highest BCUT2D eigenvalue weighted by molar-refractivity contribution is 9.11. The van der Waals surface area contributed by atoms with Gasteiger partial charge in [0.05, 0.1) is 0 Å². The van der Waals surface area contributed by atoms with E-state index in [2.05, 4.69) is 74.3 Å². The molecule has 4 heteroatoms. The lowest BCUT2D eigenvalue weighted by Crippen LogP contribution is -1.91. The van der Waals surface area contributed by atoms with Crippen LogP contribution in [0.25, 0.3) is 22.3 Å². The Balaban J connectivity index is 1.38. The Bertz CT molecular complexity index is 1400. The van der Waals surface area contributed by atoms with E-state index >= 15 is 0 Å². The van der Waals surface area contributed by atoms with Crippen LogP contribution in [-0.4, -0.2) is 0 Å². The number of benzene rings is 5. The number of rotatable bonds is 6. The van der Waals surface area contributed by atoms with Crippen molar-refractivity contribution in [2.45, 2.75) is 0 Å². The summed E-state index contributed by atoms with van der Waals surface area (Å²) in [5.41, 5.74) is 4.55. The van der Waals surface area contributed by atoms with Crippen LogP contribution in [0.1, 0.15) is 0 Å². The molecule has 0 aliphatic carbocycles. The van der Waals surface area contributed by atoms with Gasteiger partial charge in [-0.15, -0.1) is 0 Å². The lowest BCUT2D eigenvalue weighted by molar-refractivity contribution is 0.454. The van der Waals surface area contributed by atoms with E-state index in [0.717, 1.165) is 37.1 Å². The van der Waals surface area contributed by atoms with Gasteiger partial charge in [-0.3, -0.25) is 0 Å². The standard InChI is InChI=1S/C30H20Br2O2/c31-25-19-28(33-26-16-14-23(15-17-26)21-8-3-1-4-9-21)30(32)29(20-25)34-27-13-7-12-24(18-27)22-10-5-2-6-11-22/h1-20H. The van der Waals surface area contributed by atoms with Gasteiger partial charge in [0.1, 0.15) is 27.5 Å². The van der Waals surface area contributed by atoms with Gasteiger partial charge in [-0.05, 0) is 74.6 Å². The average Bonchev–Trinajstić information content (AvgIpc) is 2.88. The second-order valence-electron chi connectivity index (χ2n) is 7.70. The molecule has 5 rings (SSSR count). The summed E-state index contributed by atoms with van der Waals surface area (Å²) in [6.45, 7) is 0. The van der Waals surface area contributed by atoms with Crippen molar-refractivity contribution in [3.63, 3.8) is 0 Å². The van der Waals surface area contributed by atoms with Crippen molar-refractivity contribution in [1.29, 1.82) is 0 Å². The van der Waals surface area contributed by atoms with Crippen LogP contribution < -0.4 is 9.47 Å². The molecule has 5 aromatic rings. The first-order valence-electron chi connectivity index (χ1n) is 10.8. The van der Waals surface area contributed by atoms with Gasteiger partial charge in [0.2, 0.25) is 0 Å². The Morgan fingerprint density at radius 1 is 0.412 bits per heavy atom. The molecule has 34 heavy (non-hydrogen) atoms. The van der Waals surface area contributed by atoms with E-state index in [4.69, 9.17) is 9.47 Å². The van der Waals surface area contributed by atoms with Crippen molar-refractivity contribution in [2.24, 2.45) is 0 Å². The van der Waals surface area contributed by atoms with Crippen LogP contribution in [0.4, 0.5) is 0 Å². The number of ether oxygens (including phenoxy) is 2. The summed E-state index contributed by atoms with van der Waals surface area (Å²) in [5, 5.41) is 0. The van der Waals surface area contributed by atoms with Gasteiger partial charge in [-0.2, -0.15) is 0 Å². The first-order chi connectivity index (χ1) is 16.7. The summed E-state index contributed by atoms with van der Waals surface area (Å²) in [7, 11) is 0.